The molecule has 0 saturated carbocycles. The zero-order valence-electron chi connectivity index (χ0n) is 13.2. The molecular formula is C19H11Cl2NO3S. The van der Waals surface area contributed by atoms with Gasteiger partial charge in [0, 0.05) is 11.6 Å². The third-order valence-corrected chi connectivity index (χ3v) is 5.76. The summed E-state index contributed by atoms with van der Waals surface area (Å²) in [5.41, 5.74) is 0.286. The van der Waals surface area contributed by atoms with Crippen molar-refractivity contribution in [2.45, 2.75) is 4.90 Å². The van der Waals surface area contributed by atoms with Crippen molar-refractivity contribution in [1.82, 2.24) is 4.98 Å². The molecule has 4 aromatic rings. The highest BCUT2D eigenvalue weighted by Crippen LogP contribution is 2.38. The zero-order chi connectivity index (χ0) is 18.3. The molecule has 1 heterocycles. The number of nitrogens with zero attached hydrogens (tertiary/aromatic N) is 1. The van der Waals surface area contributed by atoms with Crippen LogP contribution in [0.4, 0.5) is 0 Å². The summed E-state index contributed by atoms with van der Waals surface area (Å²) in [5, 5.41) is 2.73. The summed E-state index contributed by atoms with van der Waals surface area (Å²) in [6.45, 7) is 0. The van der Waals surface area contributed by atoms with E-state index in [1.807, 2.05) is 24.3 Å². The Morgan fingerprint density at radius 1 is 0.846 bits per heavy atom. The summed E-state index contributed by atoms with van der Waals surface area (Å²) in [4.78, 5) is 4.21. The lowest BCUT2D eigenvalue weighted by molar-refractivity contribution is 0.488. The molecular weight excluding hydrogens is 393 g/mol. The minimum atomic E-state index is -4.10. The molecule has 0 amide bonds. The van der Waals surface area contributed by atoms with Crippen LogP contribution in [-0.2, 0) is 10.1 Å². The molecule has 0 aliphatic heterocycles. The second kappa shape index (κ2) is 6.43. The fraction of sp³-hybridized carbons (Fsp3) is 0. The van der Waals surface area contributed by atoms with Crippen LogP contribution in [0.1, 0.15) is 0 Å². The Bertz CT molecular complexity index is 1260. The normalized spacial score (nSPS) is 11.8. The van der Waals surface area contributed by atoms with Gasteiger partial charge in [-0.05, 0) is 41.1 Å². The van der Waals surface area contributed by atoms with Gasteiger partial charge in [-0.2, -0.15) is 8.42 Å². The standard InChI is InChI=1S/C19H11Cl2NO3S/c20-16-11-17(21)19(18-15(16)6-3-9-22-18)25-26(23,24)14-8-7-12-4-1-2-5-13(12)10-14/h1-11H. The molecule has 0 fully saturated rings. The lowest BCUT2D eigenvalue weighted by Crippen LogP contribution is -2.10. The van der Waals surface area contributed by atoms with Gasteiger partial charge in [0.05, 0.1) is 10.0 Å². The Hall–Kier alpha value is -2.34. The zero-order valence-corrected chi connectivity index (χ0v) is 15.5. The molecule has 0 N–H and O–H groups in total. The maximum Gasteiger partial charge on any atom is 0.339 e. The first-order valence-electron chi connectivity index (χ1n) is 7.62. The first kappa shape index (κ1) is 17.1. The predicted molar refractivity (Wildman–Crippen MR) is 104 cm³/mol. The summed E-state index contributed by atoms with van der Waals surface area (Å²) in [7, 11) is -4.10. The van der Waals surface area contributed by atoms with Crippen LogP contribution in [0.3, 0.4) is 0 Å². The Morgan fingerprint density at radius 2 is 1.62 bits per heavy atom. The van der Waals surface area contributed by atoms with Crippen molar-refractivity contribution in [1.29, 1.82) is 0 Å². The molecule has 1 aromatic heterocycles. The van der Waals surface area contributed by atoms with Crippen LogP contribution in [-0.4, -0.2) is 13.4 Å². The monoisotopic (exact) mass is 403 g/mol. The van der Waals surface area contributed by atoms with Crippen LogP contribution in [0.15, 0.2) is 71.8 Å². The molecule has 0 spiro atoms. The third-order valence-electron chi connectivity index (χ3n) is 3.95. The number of benzene rings is 3. The topological polar surface area (TPSA) is 56.3 Å². The number of hydrogen-bond donors (Lipinski definition) is 0. The van der Waals surface area contributed by atoms with E-state index in [0.29, 0.717) is 10.4 Å². The molecule has 0 unspecified atom stereocenters. The first-order valence-corrected chi connectivity index (χ1v) is 9.78. The molecule has 3 aromatic carbocycles. The molecule has 0 saturated heterocycles. The van der Waals surface area contributed by atoms with Crippen LogP contribution in [0.2, 0.25) is 10.0 Å². The van der Waals surface area contributed by atoms with E-state index in [4.69, 9.17) is 27.4 Å². The van der Waals surface area contributed by atoms with Gasteiger partial charge in [-0.25, -0.2) is 0 Å². The highest BCUT2D eigenvalue weighted by Gasteiger charge is 2.22. The number of aromatic nitrogens is 1. The molecule has 130 valence electrons. The van der Waals surface area contributed by atoms with Crippen molar-refractivity contribution in [3.63, 3.8) is 0 Å². The van der Waals surface area contributed by atoms with Gasteiger partial charge in [0.15, 0.2) is 5.75 Å². The van der Waals surface area contributed by atoms with Gasteiger partial charge in [-0.1, -0.05) is 53.5 Å². The fourth-order valence-electron chi connectivity index (χ4n) is 2.71. The van der Waals surface area contributed by atoms with Crippen LogP contribution in [0.25, 0.3) is 21.7 Å². The van der Waals surface area contributed by atoms with E-state index >= 15 is 0 Å². The quantitative estimate of drug-likeness (QED) is 0.426. The molecule has 0 atom stereocenters. The molecule has 4 rings (SSSR count). The summed E-state index contributed by atoms with van der Waals surface area (Å²) in [6, 6.07) is 17.1. The van der Waals surface area contributed by atoms with Crippen LogP contribution in [0.5, 0.6) is 5.75 Å². The van der Waals surface area contributed by atoms with Crippen molar-refractivity contribution >= 4 is 55.0 Å². The maximum absolute atomic E-state index is 12.8. The van der Waals surface area contributed by atoms with Crippen molar-refractivity contribution in [2.75, 3.05) is 0 Å². The van der Waals surface area contributed by atoms with Gasteiger partial charge in [-0.15, -0.1) is 0 Å². The highest BCUT2D eigenvalue weighted by atomic mass is 35.5. The van der Waals surface area contributed by atoms with E-state index in [-0.39, 0.29) is 21.2 Å². The number of hydrogen-bond acceptors (Lipinski definition) is 4. The molecule has 0 radical (unpaired) electrons. The summed E-state index contributed by atoms with van der Waals surface area (Å²) >= 11 is 12.3. The highest BCUT2D eigenvalue weighted by molar-refractivity contribution is 7.87. The Labute approximate surface area is 160 Å². The largest absolute Gasteiger partial charge is 0.375 e. The third kappa shape index (κ3) is 2.98. The molecule has 0 aliphatic rings. The Morgan fingerprint density at radius 3 is 2.42 bits per heavy atom. The van der Waals surface area contributed by atoms with Gasteiger partial charge < -0.3 is 4.18 Å². The predicted octanol–water partition coefficient (Wildman–Crippen LogP) is 5.46. The van der Waals surface area contributed by atoms with Gasteiger partial charge in [0.2, 0.25) is 0 Å². The Kier molecular flexibility index (Phi) is 4.23. The van der Waals surface area contributed by atoms with Gasteiger partial charge in [0.1, 0.15) is 10.4 Å². The Balaban J connectivity index is 1.84. The average molecular weight is 404 g/mol. The van der Waals surface area contributed by atoms with E-state index in [1.165, 1.54) is 18.3 Å². The maximum atomic E-state index is 12.8. The number of pyridine rings is 1. The van der Waals surface area contributed by atoms with Crippen molar-refractivity contribution in [3.05, 3.63) is 76.9 Å². The van der Waals surface area contributed by atoms with E-state index in [9.17, 15) is 8.42 Å². The van der Waals surface area contributed by atoms with Gasteiger partial charge in [-0.3, -0.25) is 4.98 Å². The first-order chi connectivity index (χ1) is 12.5. The van der Waals surface area contributed by atoms with E-state index < -0.39 is 10.1 Å². The average Bonchev–Trinajstić information content (AvgIpc) is 2.65. The molecule has 26 heavy (non-hydrogen) atoms. The van der Waals surface area contributed by atoms with Crippen molar-refractivity contribution < 1.29 is 12.6 Å². The van der Waals surface area contributed by atoms with Crippen LogP contribution < -0.4 is 4.18 Å². The van der Waals surface area contributed by atoms with Crippen molar-refractivity contribution in [2.24, 2.45) is 0 Å². The summed E-state index contributed by atoms with van der Waals surface area (Å²) in [5.74, 6) is -0.0418. The second-order valence-corrected chi connectivity index (χ2v) is 7.98. The van der Waals surface area contributed by atoms with E-state index in [1.54, 1.807) is 24.3 Å². The second-order valence-electron chi connectivity index (χ2n) is 5.62. The number of halogens is 2. The van der Waals surface area contributed by atoms with E-state index in [2.05, 4.69) is 4.98 Å². The summed E-state index contributed by atoms with van der Waals surface area (Å²) < 4.78 is 30.9. The van der Waals surface area contributed by atoms with Crippen molar-refractivity contribution in [3.8, 4) is 5.75 Å². The van der Waals surface area contributed by atoms with Crippen LogP contribution >= 0.6 is 23.2 Å². The molecule has 0 bridgehead atoms. The van der Waals surface area contributed by atoms with Crippen LogP contribution in [0, 0.1) is 0 Å². The van der Waals surface area contributed by atoms with E-state index in [0.717, 1.165) is 10.8 Å². The minimum Gasteiger partial charge on any atom is -0.375 e. The lowest BCUT2D eigenvalue weighted by Gasteiger charge is -2.12. The SMILES string of the molecule is O=S(=O)(Oc1c(Cl)cc(Cl)c2cccnc12)c1ccc2ccccc2c1. The van der Waals surface area contributed by atoms with Gasteiger partial charge >= 0.3 is 10.1 Å². The molecule has 4 nitrogen and oxygen atoms in total. The number of rotatable bonds is 3. The lowest BCUT2D eigenvalue weighted by atomic mass is 10.1. The smallest absolute Gasteiger partial charge is 0.339 e. The molecule has 0 aliphatic carbocycles. The number of fused-ring (bicyclic) bond motifs is 2. The summed E-state index contributed by atoms with van der Waals surface area (Å²) in [6.07, 6.45) is 1.52. The fourth-order valence-corrected chi connectivity index (χ4v) is 4.30. The molecule has 7 heteroatoms. The van der Waals surface area contributed by atoms with Gasteiger partial charge in [0.25, 0.3) is 0 Å². The minimum absolute atomic E-state index is 0.0336.